The summed E-state index contributed by atoms with van der Waals surface area (Å²) in [4.78, 5) is 11.2. The van der Waals surface area contributed by atoms with Crippen molar-refractivity contribution >= 4 is 23.3 Å². The van der Waals surface area contributed by atoms with Gasteiger partial charge in [0.25, 0.3) is 0 Å². The van der Waals surface area contributed by atoms with E-state index in [0.29, 0.717) is 22.8 Å². The Labute approximate surface area is 93.4 Å². The van der Waals surface area contributed by atoms with Crippen LogP contribution in [0, 0.1) is 12.3 Å². The molecule has 0 unspecified atom stereocenters. The number of rotatable bonds is 3. The first-order valence-electron chi connectivity index (χ1n) is 4.24. The van der Waals surface area contributed by atoms with Gasteiger partial charge in [-0.3, -0.25) is 0 Å². The Morgan fingerprint density at radius 2 is 2.40 bits per heavy atom. The number of esters is 1. The van der Waals surface area contributed by atoms with Gasteiger partial charge in [-0.25, -0.2) is 4.79 Å². The van der Waals surface area contributed by atoms with Crippen LogP contribution in [-0.2, 0) is 4.74 Å². The minimum Gasteiger partial charge on any atom is -0.465 e. The topological polar surface area (TPSA) is 38.3 Å². The van der Waals surface area contributed by atoms with Gasteiger partial charge >= 0.3 is 5.97 Å². The summed E-state index contributed by atoms with van der Waals surface area (Å²) >= 11 is 5.90. The molecule has 0 saturated heterocycles. The van der Waals surface area contributed by atoms with Crippen molar-refractivity contribution in [2.24, 2.45) is 0 Å². The normalized spacial score (nSPS) is 9.13. The van der Waals surface area contributed by atoms with Gasteiger partial charge in [0.1, 0.15) is 0 Å². The number of hydrogen-bond acceptors (Lipinski definition) is 3. The Kier molecular flexibility index (Phi) is 4.02. The van der Waals surface area contributed by atoms with Crippen LogP contribution in [0.25, 0.3) is 0 Å². The van der Waals surface area contributed by atoms with E-state index < -0.39 is 5.97 Å². The van der Waals surface area contributed by atoms with E-state index in [-0.39, 0.29) is 0 Å². The van der Waals surface area contributed by atoms with E-state index in [4.69, 9.17) is 18.0 Å². The molecule has 0 fully saturated rings. The zero-order chi connectivity index (χ0) is 11.3. The van der Waals surface area contributed by atoms with Gasteiger partial charge in [0.05, 0.1) is 29.9 Å². The average Bonchev–Trinajstić information content (AvgIpc) is 2.27. The molecular formula is C11H10ClNO2. The number of nitrogens with one attached hydrogen (secondary N) is 1. The Bertz CT molecular complexity index is 410. The summed E-state index contributed by atoms with van der Waals surface area (Å²) in [7, 11) is 1.32. The van der Waals surface area contributed by atoms with Crippen LogP contribution in [0.15, 0.2) is 18.2 Å². The molecule has 0 aliphatic rings. The summed E-state index contributed by atoms with van der Waals surface area (Å²) in [6, 6.07) is 4.81. The molecule has 15 heavy (non-hydrogen) atoms. The molecule has 0 aromatic heterocycles. The van der Waals surface area contributed by atoms with Gasteiger partial charge in [0.2, 0.25) is 0 Å². The molecule has 0 atom stereocenters. The lowest BCUT2D eigenvalue weighted by Crippen LogP contribution is -2.04. The Morgan fingerprint density at radius 3 is 3.00 bits per heavy atom. The molecule has 1 aromatic rings. The predicted octanol–water partition coefficient (Wildman–Crippen LogP) is 2.17. The molecule has 0 bridgehead atoms. The summed E-state index contributed by atoms with van der Waals surface area (Å²) in [5.74, 6) is 2.01. The number of carbonyl (C=O) groups excluding carboxylic acids is 1. The van der Waals surface area contributed by atoms with Crippen molar-refractivity contribution in [1.29, 1.82) is 0 Å². The summed E-state index contributed by atoms with van der Waals surface area (Å²) < 4.78 is 4.59. The van der Waals surface area contributed by atoms with Gasteiger partial charge in [0.15, 0.2) is 0 Å². The third-order valence-electron chi connectivity index (χ3n) is 1.77. The van der Waals surface area contributed by atoms with Crippen LogP contribution in [0.2, 0.25) is 5.02 Å². The predicted molar refractivity (Wildman–Crippen MR) is 60.1 cm³/mol. The number of methoxy groups -OCH3 is 1. The zero-order valence-electron chi connectivity index (χ0n) is 8.21. The van der Waals surface area contributed by atoms with Gasteiger partial charge in [0, 0.05) is 0 Å². The third kappa shape index (κ3) is 2.90. The average molecular weight is 224 g/mol. The second-order valence-corrected chi connectivity index (χ2v) is 3.15. The van der Waals surface area contributed by atoms with Gasteiger partial charge < -0.3 is 10.1 Å². The summed E-state index contributed by atoms with van der Waals surface area (Å²) in [6.45, 7) is 0.352. The molecule has 1 N–H and O–H groups in total. The van der Waals surface area contributed by atoms with Gasteiger partial charge in [-0.05, 0) is 18.2 Å². The van der Waals surface area contributed by atoms with Crippen molar-refractivity contribution in [3.05, 3.63) is 28.8 Å². The number of carbonyl (C=O) groups is 1. The van der Waals surface area contributed by atoms with E-state index in [1.807, 2.05) is 0 Å². The first kappa shape index (κ1) is 11.4. The lowest BCUT2D eigenvalue weighted by molar-refractivity contribution is 0.0601. The number of terminal acetylenes is 1. The molecule has 0 aliphatic heterocycles. The maximum Gasteiger partial charge on any atom is 0.337 e. The van der Waals surface area contributed by atoms with Crippen molar-refractivity contribution in [3.8, 4) is 12.3 Å². The number of ether oxygens (including phenoxy) is 1. The van der Waals surface area contributed by atoms with Crippen LogP contribution >= 0.6 is 11.6 Å². The maximum atomic E-state index is 11.2. The molecule has 78 valence electrons. The third-order valence-corrected chi connectivity index (χ3v) is 2.10. The highest BCUT2D eigenvalue weighted by Crippen LogP contribution is 2.23. The van der Waals surface area contributed by atoms with Crippen molar-refractivity contribution in [2.75, 3.05) is 19.0 Å². The molecule has 0 heterocycles. The molecule has 0 amide bonds. The molecule has 0 saturated carbocycles. The Balaban J connectivity index is 2.95. The highest BCUT2D eigenvalue weighted by molar-refractivity contribution is 6.33. The fraction of sp³-hybridized carbons (Fsp3) is 0.182. The highest BCUT2D eigenvalue weighted by atomic mass is 35.5. The Hall–Kier alpha value is -1.66. The second kappa shape index (κ2) is 5.28. The summed E-state index contributed by atoms with van der Waals surface area (Å²) in [6.07, 6.45) is 5.10. The SMILES string of the molecule is C#CCNc1cc(C(=O)OC)ccc1Cl. The van der Waals surface area contributed by atoms with Gasteiger partial charge in [-0.2, -0.15) is 0 Å². The van der Waals surface area contributed by atoms with E-state index >= 15 is 0 Å². The van der Waals surface area contributed by atoms with Crippen LogP contribution in [0.1, 0.15) is 10.4 Å². The largest absolute Gasteiger partial charge is 0.465 e. The van der Waals surface area contributed by atoms with E-state index in [9.17, 15) is 4.79 Å². The number of anilines is 1. The summed E-state index contributed by atoms with van der Waals surface area (Å²) in [5, 5.41) is 3.42. The number of hydrogen-bond donors (Lipinski definition) is 1. The molecular weight excluding hydrogens is 214 g/mol. The molecule has 1 rings (SSSR count). The standard InChI is InChI=1S/C11H10ClNO2/c1-3-6-13-10-7-8(11(14)15-2)4-5-9(10)12/h1,4-5,7,13H,6H2,2H3. The smallest absolute Gasteiger partial charge is 0.337 e. The maximum absolute atomic E-state index is 11.2. The van der Waals surface area contributed by atoms with E-state index in [1.54, 1.807) is 18.2 Å². The molecule has 1 aromatic carbocycles. The minimum atomic E-state index is -0.407. The van der Waals surface area contributed by atoms with E-state index in [2.05, 4.69) is 16.0 Å². The minimum absolute atomic E-state index is 0.352. The molecule has 0 aliphatic carbocycles. The van der Waals surface area contributed by atoms with E-state index in [0.717, 1.165) is 0 Å². The molecule has 3 nitrogen and oxygen atoms in total. The van der Waals surface area contributed by atoms with Crippen molar-refractivity contribution < 1.29 is 9.53 Å². The zero-order valence-corrected chi connectivity index (χ0v) is 8.97. The first-order valence-corrected chi connectivity index (χ1v) is 4.62. The lowest BCUT2D eigenvalue weighted by atomic mass is 10.2. The number of halogens is 1. The van der Waals surface area contributed by atoms with Crippen LogP contribution in [0.4, 0.5) is 5.69 Å². The molecule has 0 radical (unpaired) electrons. The van der Waals surface area contributed by atoms with Crippen LogP contribution < -0.4 is 5.32 Å². The van der Waals surface area contributed by atoms with Crippen LogP contribution in [0.3, 0.4) is 0 Å². The summed E-state index contributed by atoms with van der Waals surface area (Å²) in [5.41, 5.74) is 1.05. The van der Waals surface area contributed by atoms with Crippen molar-refractivity contribution in [1.82, 2.24) is 0 Å². The molecule has 4 heteroatoms. The van der Waals surface area contributed by atoms with Crippen molar-refractivity contribution in [3.63, 3.8) is 0 Å². The molecule has 0 spiro atoms. The van der Waals surface area contributed by atoms with Crippen LogP contribution in [-0.4, -0.2) is 19.6 Å². The second-order valence-electron chi connectivity index (χ2n) is 2.74. The van der Waals surface area contributed by atoms with Crippen molar-refractivity contribution in [2.45, 2.75) is 0 Å². The van der Waals surface area contributed by atoms with Crippen LogP contribution in [0.5, 0.6) is 0 Å². The van der Waals surface area contributed by atoms with E-state index in [1.165, 1.54) is 7.11 Å². The Morgan fingerprint density at radius 1 is 1.67 bits per heavy atom. The fourth-order valence-electron chi connectivity index (χ4n) is 1.05. The quantitative estimate of drug-likeness (QED) is 0.631. The first-order chi connectivity index (χ1) is 7.19. The van der Waals surface area contributed by atoms with Gasteiger partial charge in [-0.15, -0.1) is 6.42 Å². The van der Waals surface area contributed by atoms with Gasteiger partial charge in [-0.1, -0.05) is 17.5 Å². The highest BCUT2D eigenvalue weighted by Gasteiger charge is 2.07. The fourth-order valence-corrected chi connectivity index (χ4v) is 1.24. The number of benzene rings is 1. The monoisotopic (exact) mass is 223 g/mol. The lowest BCUT2D eigenvalue weighted by Gasteiger charge is -2.07.